The lowest BCUT2D eigenvalue weighted by molar-refractivity contribution is 0.0953. The molecular formula is C60H58N2O17S8. The molecule has 0 N–H and O–H groups in total. The number of hydrogen-bond acceptors (Lipinski definition) is 19. The first-order valence-corrected chi connectivity index (χ1v) is 38.1. The largest absolute Gasteiger partial charge is 0.305 e. The maximum Gasteiger partial charge on any atom is 0.206 e. The Balaban J connectivity index is 1.01. The normalized spacial score (nSPS) is 13.2. The fourth-order valence-electron chi connectivity index (χ4n) is 9.21. The number of carbonyl (C=O) groups excluding carboxylic acids is 1. The minimum atomic E-state index is -4.72. The van der Waals surface area contributed by atoms with Crippen LogP contribution < -0.4 is 0 Å². The molecule has 0 atom stereocenters. The van der Waals surface area contributed by atoms with Gasteiger partial charge >= 0.3 is 0 Å². The predicted octanol–water partition coefficient (Wildman–Crippen LogP) is 7.95. The monoisotopic (exact) mass is 1330 g/mol. The van der Waals surface area contributed by atoms with Crippen molar-refractivity contribution in [3.63, 3.8) is 0 Å². The highest BCUT2D eigenvalue weighted by atomic mass is 32.2. The SMILES string of the molecule is Cc1ccc(S(=O)(=O)c2ccc(S(=O)(=O)c3ccc(S(=O)(=O)c4ccc(S(=O)(=O)C(C)(C)C(=O)c5ccc(S(=O)(=O)c6ccc(S(=O)(=O)c7ccc(S(=O)(=O)c8ccc(S(C)(=O)=O)cc8)cc7)cc6)cc5)c(CN(C)C)c4)cc3CN(C)C)cc2)cc1. The zero-order chi connectivity index (χ0) is 64.3. The third-order valence-electron chi connectivity index (χ3n) is 14.1. The van der Waals surface area contributed by atoms with Gasteiger partial charge in [0, 0.05) is 24.9 Å². The van der Waals surface area contributed by atoms with Gasteiger partial charge in [-0.3, -0.25) is 4.79 Å². The topological polar surface area (TPSA) is 297 Å². The molecule has 0 aliphatic heterocycles. The number of rotatable bonds is 21. The first kappa shape index (κ1) is 65.9. The van der Waals surface area contributed by atoms with Crippen molar-refractivity contribution in [2.24, 2.45) is 0 Å². The summed E-state index contributed by atoms with van der Waals surface area (Å²) >= 11 is 0. The number of ketones is 1. The molecule has 87 heavy (non-hydrogen) atoms. The standard InChI is InChI=1S/C60H58N2O17S8/c1-41-9-13-46(14-10-41)81(66,67)53-29-31-54(32-30-53)86(76,77)57-35-33-55(37-43(57)39-61(4)5)85(74,75)56-34-36-58(44(38-56)40-62(6)7)87(78,79)60(2,3)59(63)42-11-15-47(16-12-42)82(68,69)49-21-23-51(24-22-49)84(72,73)52-27-25-50(26-28-52)83(70,71)48-19-17-45(18-20-48)80(8,64)65/h9-38H,39-40H2,1-8H3. The molecule has 0 saturated heterocycles. The Morgan fingerprint density at radius 3 is 0.885 bits per heavy atom. The number of sulfone groups is 8. The van der Waals surface area contributed by atoms with E-state index in [1.165, 1.54) is 30.3 Å². The van der Waals surface area contributed by atoms with E-state index < -0.39 is 89.2 Å². The van der Waals surface area contributed by atoms with Crippen LogP contribution in [0.2, 0.25) is 0 Å². The van der Waals surface area contributed by atoms with Crippen molar-refractivity contribution < 1.29 is 72.1 Å². The van der Waals surface area contributed by atoms with Gasteiger partial charge < -0.3 is 9.80 Å². The number of nitrogens with zero attached hydrogens (tertiary/aromatic N) is 2. The zero-order valence-electron chi connectivity index (χ0n) is 47.8. The average molecular weight is 1340 g/mol. The van der Waals surface area contributed by atoms with Crippen molar-refractivity contribution in [2.75, 3.05) is 34.4 Å². The number of aryl methyl sites for hydroxylation is 1. The van der Waals surface area contributed by atoms with E-state index in [9.17, 15) is 72.1 Å². The van der Waals surface area contributed by atoms with Gasteiger partial charge in [-0.1, -0.05) is 29.8 Å². The third-order valence-corrected chi connectivity index (χ3v) is 28.5. The molecule has 0 fully saturated rings. The van der Waals surface area contributed by atoms with E-state index >= 15 is 0 Å². The highest BCUT2D eigenvalue weighted by molar-refractivity contribution is 7.94. The van der Waals surface area contributed by atoms with Gasteiger partial charge in [0.05, 0.1) is 68.5 Å². The molecule has 8 rings (SSSR count). The zero-order valence-corrected chi connectivity index (χ0v) is 54.4. The van der Waals surface area contributed by atoms with Crippen molar-refractivity contribution >= 4 is 84.5 Å². The summed E-state index contributed by atoms with van der Waals surface area (Å²) in [5.74, 6) is -0.950. The number of carbonyl (C=O) groups is 1. The molecule has 0 amide bonds. The van der Waals surface area contributed by atoms with Crippen molar-refractivity contribution in [1.82, 2.24) is 9.80 Å². The summed E-state index contributed by atoms with van der Waals surface area (Å²) in [6.45, 7) is 3.92. The molecule has 0 spiro atoms. The first-order valence-electron chi connectivity index (χ1n) is 25.9. The molecule has 0 heterocycles. The van der Waals surface area contributed by atoms with Crippen molar-refractivity contribution in [2.45, 2.75) is 107 Å². The maximum absolute atomic E-state index is 14.7. The molecule has 0 saturated carbocycles. The molecule has 19 nitrogen and oxygen atoms in total. The van der Waals surface area contributed by atoms with Crippen LogP contribution in [0.3, 0.4) is 0 Å². The Labute approximate surface area is 508 Å². The van der Waals surface area contributed by atoms with Gasteiger partial charge in [0.25, 0.3) is 0 Å². The molecule has 0 radical (unpaired) electrons. The van der Waals surface area contributed by atoms with E-state index in [-0.39, 0.29) is 98.3 Å². The molecule has 0 unspecified atom stereocenters. The number of Topliss-reactive ketones (excluding diaryl/α,β-unsaturated/α-hetero) is 1. The molecule has 8 aromatic rings. The van der Waals surface area contributed by atoms with E-state index in [1.54, 1.807) is 57.0 Å². The van der Waals surface area contributed by atoms with Crippen LogP contribution in [0.1, 0.15) is 40.9 Å². The van der Waals surface area contributed by atoms with Crippen LogP contribution in [0.5, 0.6) is 0 Å². The summed E-state index contributed by atoms with van der Waals surface area (Å²) in [5, 5.41) is 0. The van der Waals surface area contributed by atoms with E-state index in [0.29, 0.717) is 0 Å². The van der Waals surface area contributed by atoms with Gasteiger partial charge in [0.15, 0.2) is 25.5 Å². The van der Waals surface area contributed by atoms with E-state index in [1.807, 2.05) is 0 Å². The number of hydrogen-bond donors (Lipinski definition) is 0. The summed E-state index contributed by atoms with van der Waals surface area (Å²) in [6, 6.07) is 34.9. The van der Waals surface area contributed by atoms with Crippen LogP contribution in [0.25, 0.3) is 0 Å². The molecule has 8 aromatic carbocycles. The second-order valence-electron chi connectivity index (χ2n) is 21.4. The van der Waals surface area contributed by atoms with Gasteiger partial charge in [0.1, 0.15) is 4.75 Å². The fourth-order valence-corrected chi connectivity index (χ4v) is 19.3. The second-order valence-corrected chi connectivity index (χ2v) is 37.5. The van der Waals surface area contributed by atoms with Crippen LogP contribution in [0, 0.1) is 6.92 Å². The van der Waals surface area contributed by atoms with Crippen molar-refractivity contribution in [3.8, 4) is 0 Å². The van der Waals surface area contributed by atoms with E-state index in [4.69, 9.17) is 0 Å². The lowest BCUT2D eigenvalue weighted by Gasteiger charge is -2.26. The number of benzene rings is 8. The van der Waals surface area contributed by atoms with Crippen LogP contribution in [0.15, 0.2) is 251 Å². The summed E-state index contributed by atoms with van der Waals surface area (Å²) < 4.78 is 216. The Morgan fingerprint density at radius 1 is 0.333 bits per heavy atom. The smallest absolute Gasteiger partial charge is 0.206 e. The lowest BCUT2D eigenvalue weighted by atomic mass is 10.0. The van der Waals surface area contributed by atoms with Gasteiger partial charge in [-0.25, -0.2) is 67.3 Å². The minimum absolute atomic E-state index is 0.00990. The summed E-state index contributed by atoms with van der Waals surface area (Å²) in [5.41, 5.74) is 0.714. The fraction of sp³-hybridized carbons (Fsp3) is 0.183. The van der Waals surface area contributed by atoms with Gasteiger partial charge in [-0.05, 0) is 218 Å². The lowest BCUT2D eigenvalue weighted by Crippen LogP contribution is -2.41. The van der Waals surface area contributed by atoms with Crippen LogP contribution >= 0.6 is 0 Å². The van der Waals surface area contributed by atoms with Gasteiger partial charge in [-0.2, -0.15) is 0 Å². The molecular weight excluding hydrogens is 1280 g/mol. The maximum atomic E-state index is 14.7. The van der Waals surface area contributed by atoms with E-state index in [0.717, 1.165) is 165 Å². The highest BCUT2D eigenvalue weighted by Crippen LogP contribution is 2.37. The average Bonchev–Trinajstić information content (AvgIpc) is 0.806. The van der Waals surface area contributed by atoms with Crippen LogP contribution in [-0.4, -0.2) is 122 Å². The van der Waals surface area contributed by atoms with Gasteiger partial charge in [0.2, 0.25) is 59.0 Å². The highest BCUT2D eigenvalue weighted by Gasteiger charge is 2.44. The Kier molecular flexibility index (Phi) is 18.0. The Hall–Kier alpha value is -7.05. The van der Waals surface area contributed by atoms with Crippen molar-refractivity contribution in [1.29, 1.82) is 0 Å². The van der Waals surface area contributed by atoms with Crippen LogP contribution in [0.4, 0.5) is 0 Å². The van der Waals surface area contributed by atoms with Crippen LogP contribution in [-0.2, 0) is 91.8 Å². The molecule has 458 valence electrons. The molecule has 0 aromatic heterocycles. The minimum Gasteiger partial charge on any atom is -0.305 e. The van der Waals surface area contributed by atoms with Gasteiger partial charge in [-0.15, -0.1) is 0 Å². The first-order chi connectivity index (χ1) is 40.2. The summed E-state index contributed by atoms with van der Waals surface area (Å²) in [4.78, 5) is 13.9. The molecule has 27 heteroatoms. The summed E-state index contributed by atoms with van der Waals surface area (Å²) in [6.07, 6.45) is 0.967. The molecule has 0 aliphatic carbocycles. The van der Waals surface area contributed by atoms with Crippen molar-refractivity contribution in [3.05, 3.63) is 204 Å². The third kappa shape index (κ3) is 13.0. The quantitative estimate of drug-likeness (QED) is 0.0616. The molecule has 0 aliphatic rings. The Morgan fingerprint density at radius 2 is 0.575 bits per heavy atom. The predicted molar refractivity (Wildman–Crippen MR) is 322 cm³/mol. The second kappa shape index (κ2) is 23.8. The Bertz CT molecular complexity index is 4980. The molecule has 0 bridgehead atoms. The summed E-state index contributed by atoms with van der Waals surface area (Å²) in [7, 11) is -27.6. The van der Waals surface area contributed by atoms with E-state index in [2.05, 4.69) is 0 Å².